The van der Waals surface area contributed by atoms with Gasteiger partial charge in [0, 0.05) is 47.4 Å². The number of hydrogen-bond acceptors (Lipinski definition) is 1. The summed E-state index contributed by atoms with van der Waals surface area (Å²) in [6.45, 7) is 7.07. The van der Waals surface area contributed by atoms with Crippen LogP contribution in [0.15, 0.2) is 128 Å². The molecular weight excluding hydrogens is 496 g/mol. The lowest BCUT2D eigenvalue weighted by atomic mass is 9.69. The van der Waals surface area contributed by atoms with Gasteiger partial charge in [-0.2, -0.15) is 4.57 Å². The molecule has 0 bridgehead atoms. The van der Waals surface area contributed by atoms with Gasteiger partial charge in [0.1, 0.15) is 0 Å². The second-order valence-electron chi connectivity index (χ2n) is 11.3. The molecular formula is C39H37N2+. The van der Waals surface area contributed by atoms with Crippen LogP contribution in [0, 0.1) is 0 Å². The number of benzene rings is 5. The first-order valence-electron chi connectivity index (χ1n) is 15.1. The van der Waals surface area contributed by atoms with Crippen LogP contribution in [-0.2, 0) is 5.54 Å². The minimum absolute atomic E-state index is 0.0881. The Labute approximate surface area is 243 Å². The second kappa shape index (κ2) is 10.2. The highest BCUT2D eigenvalue weighted by atomic mass is 15.1. The number of nitrogens with zero attached hydrogens (tertiary/aromatic N) is 2. The molecule has 5 aromatic carbocycles. The number of aromatic nitrogens is 1. The lowest BCUT2D eigenvalue weighted by Crippen LogP contribution is -2.62. The minimum Gasteiger partial charge on any atom is -0.309 e. The normalized spacial score (nSPS) is 15.4. The maximum Gasteiger partial charge on any atom is 0.213 e. The van der Waals surface area contributed by atoms with Gasteiger partial charge in [0.2, 0.25) is 5.69 Å². The first kappa shape index (κ1) is 25.5. The van der Waals surface area contributed by atoms with Crippen molar-refractivity contribution in [3.05, 3.63) is 133 Å². The van der Waals surface area contributed by atoms with Gasteiger partial charge in [-0.15, -0.1) is 0 Å². The predicted molar refractivity (Wildman–Crippen MR) is 173 cm³/mol. The highest BCUT2D eigenvalue weighted by molar-refractivity contribution is 6.04. The summed E-state index contributed by atoms with van der Waals surface area (Å²) in [5.41, 5.74) is 7.79. The maximum absolute atomic E-state index is 2.59. The van der Waals surface area contributed by atoms with Crippen molar-refractivity contribution >= 4 is 38.6 Å². The molecule has 7 rings (SSSR count). The molecule has 2 heteroatoms. The smallest absolute Gasteiger partial charge is 0.213 e. The quantitative estimate of drug-likeness (QED) is 0.193. The predicted octanol–water partition coefficient (Wildman–Crippen LogP) is 10.4. The van der Waals surface area contributed by atoms with Gasteiger partial charge in [0.05, 0.1) is 16.9 Å². The Morgan fingerprint density at radius 2 is 1.22 bits per heavy atom. The molecule has 0 N–H and O–H groups in total. The summed E-state index contributed by atoms with van der Waals surface area (Å²) < 4.78 is 2.59. The Bertz CT molecular complexity index is 1790. The van der Waals surface area contributed by atoms with Crippen LogP contribution < -0.4 is 9.47 Å². The van der Waals surface area contributed by atoms with Crippen molar-refractivity contribution in [2.45, 2.75) is 51.5 Å². The number of rotatable bonds is 6. The average molecular weight is 534 g/mol. The minimum atomic E-state index is 0.0881. The first-order valence-corrected chi connectivity index (χ1v) is 15.1. The molecule has 41 heavy (non-hydrogen) atoms. The largest absolute Gasteiger partial charge is 0.309 e. The van der Waals surface area contributed by atoms with E-state index in [1.54, 1.807) is 0 Å². The maximum atomic E-state index is 2.59. The third-order valence-electron chi connectivity index (χ3n) is 9.58. The van der Waals surface area contributed by atoms with Crippen LogP contribution in [0.1, 0.15) is 51.5 Å². The van der Waals surface area contributed by atoms with Crippen LogP contribution in [0.2, 0.25) is 0 Å². The van der Waals surface area contributed by atoms with Gasteiger partial charge in [0.15, 0.2) is 11.7 Å². The fraction of sp³-hybridized carbons (Fsp3) is 0.205. The number of hydrogen-bond donors (Lipinski definition) is 0. The van der Waals surface area contributed by atoms with Crippen LogP contribution in [0.25, 0.3) is 32.8 Å². The van der Waals surface area contributed by atoms with Gasteiger partial charge in [-0.1, -0.05) is 99.6 Å². The molecule has 1 atom stereocenters. The summed E-state index contributed by atoms with van der Waals surface area (Å²) in [7, 11) is 0. The lowest BCUT2D eigenvalue weighted by Gasteiger charge is -2.40. The average Bonchev–Trinajstić information content (AvgIpc) is 3.04. The van der Waals surface area contributed by atoms with Crippen LogP contribution in [0.4, 0.5) is 17.1 Å². The van der Waals surface area contributed by atoms with E-state index in [2.05, 4.69) is 158 Å². The van der Waals surface area contributed by atoms with Gasteiger partial charge < -0.3 is 4.90 Å². The van der Waals surface area contributed by atoms with E-state index in [4.69, 9.17) is 0 Å². The molecule has 1 aromatic heterocycles. The topological polar surface area (TPSA) is 7.12 Å². The van der Waals surface area contributed by atoms with E-state index in [0.717, 1.165) is 19.3 Å². The van der Waals surface area contributed by atoms with Crippen molar-refractivity contribution in [2.75, 3.05) is 4.90 Å². The zero-order valence-electron chi connectivity index (χ0n) is 24.2. The van der Waals surface area contributed by atoms with E-state index in [-0.39, 0.29) is 5.54 Å². The third kappa shape index (κ3) is 3.89. The molecule has 0 radical (unpaired) electrons. The Morgan fingerprint density at radius 3 is 1.83 bits per heavy atom. The van der Waals surface area contributed by atoms with E-state index >= 15 is 0 Å². The van der Waals surface area contributed by atoms with E-state index in [1.807, 2.05) is 0 Å². The first-order chi connectivity index (χ1) is 20.2. The standard InChI is InChI=1S/C39H37N2/c1-4-35-33-25-24-30(27-34(33)36-21-11-12-26-40(36)39(35,5-2)6-3)41(37-22-13-17-28-15-7-9-19-31(28)37)38-23-14-18-29-16-8-10-20-32(29)38/h7-27,35H,4-6H2,1-3H3/q+1. The van der Waals surface area contributed by atoms with Crippen molar-refractivity contribution in [2.24, 2.45) is 0 Å². The van der Waals surface area contributed by atoms with Gasteiger partial charge >= 0.3 is 0 Å². The summed E-state index contributed by atoms with van der Waals surface area (Å²) in [6, 6.07) is 44.7. The summed E-state index contributed by atoms with van der Waals surface area (Å²) in [4.78, 5) is 2.47. The Morgan fingerprint density at radius 1 is 0.634 bits per heavy atom. The van der Waals surface area contributed by atoms with E-state index in [9.17, 15) is 0 Å². The molecule has 0 fully saturated rings. The van der Waals surface area contributed by atoms with E-state index < -0.39 is 0 Å². The number of anilines is 3. The monoisotopic (exact) mass is 533 g/mol. The van der Waals surface area contributed by atoms with Gasteiger partial charge in [-0.3, -0.25) is 0 Å². The van der Waals surface area contributed by atoms with E-state index in [0.29, 0.717) is 5.92 Å². The second-order valence-corrected chi connectivity index (χ2v) is 11.3. The summed E-state index contributed by atoms with van der Waals surface area (Å²) in [5, 5.41) is 4.99. The van der Waals surface area contributed by atoms with Crippen molar-refractivity contribution in [1.29, 1.82) is 0 Å². The molecule has 2 heterocycles. The van der Waals surface area contributed by atoms with Crippen molar-refractivity contribution in [3.8, 4) is 11.3 Å². The molecule has 0 aliphatic carbocycles. The highest BCUT2D eigenvalue weighted by Gasteiger charge is 2.50. The van der Waals surface area contributed by atoms with Crippen LogP contribution >= 0.6 is 0 Å². The van der Waals surface area contributed by atoms with Crippen LogP contribution in [-0.4, -0.2) is 0 Å². The molecule has 1 aliphatic rings. The molecule has 0 amide bonds. The Balaban J connectivity index is 1.52. The lowest BCUT2D eigenvalue weighted by molar-refractivity contribution is -0.762. The fourth-order valence-corrected chi connectivity index (χ4v) is 7.62. The molecule has 6 aromatic rings. The SMILES string of the molecule is CCC1c2ccc(N(c3cccc4ccccc34)c3cccc4ccccc34)cc2-c2cccc[n+]2C1(CC)CC. The molecule has 0 saturated carbocycles. The molecule has 202 valence electrons. The van der Waals surface area contributed by atoms with Crippen LogP contribution in [0.3, 0.4) is 0 Å². The van der Waals surface area contributed by atoms with Gasteiger partial charge in [-0.25, -0.2) is 0 Å². The van der Waals surface area contributed by atoms with Crippen molar-refractivity contribution in [3.63, 3.8) is 0 Å². The van der Waals surface area contributed by atoms with E-state index in [1.165, 1.54) is 55.4 Å². The number of fused-ring (bicyclic) bond motifs is 5. The summed E-state index contributed by atoms with van der Waals surface area (Å²) in [6.07, 6.45) is 5.66. The zero-order chi connectivity index (χ0) is 28.0. The molecule has 0 saturated heterocycles. The molecule has 2 nitrogen and oxygen atoms in total. The number of pyridine rings is 1. The Hall–Kier alpha value is -4.43. The van der Waals surface area contributed by atoms with Crippen molar-refractivity contribution in [1.82, 2.24) is 0 Å². The van der Waals surface area contributed by atoms with Gasteiger partial charge in [0.25, 0.3) is 0 Å². The van der Waals surface area contributed by atoms with Crippen LogP contribution in [0.5, 0.6) is 0 Å². The summed E-state index contributed by atoms with van der Waals surface area (Å²) in [5.74, 6) is 0.463. The zero-order valence-corrected chi connectivity index (χ0v) is 24.2. The molecule has 1 unspecified atom stereocenters. The molecule has 0 spiro atoms. The van der Waals surface area contributed by atoms with Gasteiger partial charge in [-0.05, 0) is 53.1 Å². The Kier molecular flexibility index (Phi) is 6.35. The molecule has 1 aliphatic heterocycles. The van der Waals surface area contributed by atoms with Crippen molar-refractivity contribution < 1.29 is 4.57 Å². The third-order valence-corrected chi connectivity index (χ3v) is 9.58. The highest BCUT2D eigenvalue weighted by Crippen LogP contribution is 2.49. The fourth-order valence-electron chi connectivity index (χ4n) is 7.62. The summed E-state index contributed by atoms with van der Waals surface area (Å²) >= 11 is 0.